The highest BCUT2D eigenvalue weighted by Gasteiger charge is 2.15. The first-order chi connectivity index (χ1) is 6.70. The van der Waals surface area contributed by atoms with Crippen LogP contribution in [-0.4, -0.2) is 5.11 Å². The highest BCUT2D eigenvalue weighted by atomic mass is 127. The number of fused-ring (bicyclic) bond motifs is 1. The van der Waals surface area contributed by atoms with Crippen molar-refractivity contribution in [1.82, 2.24) is 0 Å². The van der Waals surface area contributed by atoms with E-state index in [-0.39, 0.29) is 0 Å². The van der Waals surface area contributed by atoms with Gasteiger partial charge in [0, 0.05) is 0 Å². The van der Waals surface area contributed by atoms with E-state index in [2.05, 4.69) is 28.7 Å². The molecule has 0 spiro atoms. The van der Waals surface area contributed by atoms with Crippen molar-refractivity contribution >= 4 is 22.6 Å². The number of aryl methyl sites for hydroxylation is 2. The molecule has 0 amide bonds. The molecule has 0 unspecified atom stereocenters. The van der Waals surface area contributed by atoms with Gasteiger partial charge in [-0.1, -0.05) is 12.5 Å². The van der Waals surface area contributed by atoms with Gasteiger partial charge in [0.1, 0.15) is 5.75 Å². The third-order valence-corrected chi connectivity index (χ3v) is 4.16. The summed E-state index contributed by atoms with van der Waals surface area (Å²) < 4.78 is 1.08. The fourth-order valence-electron chi connectivity index (χ4n) is 2.16. The summed E-state index contributed by atoms with van der Waals surface area (Å²) >= 11 is 2.28. The highest BCUT2D eigenvalue weighted by Crippen LogP contribution is 2.33. The molecule has 2 heteroatoms. The fourth-order valence-corrected chi connectivity index (χ4v) is 3.20. The van der Waals surface area contributed by atoms with Crippen molar-refractivity contribution < 1.29 is 5.11 Å². The minimum atomic E-state index is 0.492. The lowest BCUT2D eigenvalue weighted by Gasteiger charge is -2.12. The number of rotatable bonds is 0. The first kappa shape index (κ1) is 10.3. The van der Waals surface area contributed by atoms with Gasteiger partial charge < -0.3 is 5.11 Å². The van der Waals surface area contributed by atoms with Gasteiger partial charge in [-0.25, -0.2) is 0 Å². The first-order valence-corrected chi connectivity index (χ1v) is 6.28. The smallest absolute Gasteiger partial charge is 0.132 e. The van der Waals surface area contributed by atoms with Crippen LogP contribution in [0.3, 0.4) is 0 Å². The maximum absolute atomic E-state index is 9.85. The van der Waals surface area contributed by atoms with Gasteiger partial charge in [-0.05, 0) is 71.9 Å². The maximum Gasteiger partial charge on any atom is 0.132 e. The predicted octanol–water partition coefficient (Wildman–Crippen LogP) is 3.57. The Morgan fingerprint density at radius 3 is 2.71 bits per heavy atom. The number of aromatic hydroxyl groups is 1. The van der Waals surface area contributed by atoms with E-state index >= 15 is 0 Å². The summed E-state index contributed by atoms with van der Waals surface area (Å²) in [6.07, 6.45) is 6.22. The van der Waals surface area contributed by atoms with Gasteiger partial charge in [0.05, 0.1) is 3.57 Å². The molecule has 1 N–H and O–H groups in total. The van der Waals surface area contributed by atoms with Crippen LogP contribution in [0.25, 0.3) is 0 Å². The molecule has 1 aliphatic rings. The Bertz CT molecular complexity index is 358. The molecule has 1 aromatic rings. The minimum Gasteiger partial charge on any atom is -0.507 e. The standard InChI is InChI=1S/C12H15IO/c1-8-7-9-5-3-2-4-6-10(9)11(13)12(8)14/h7,14H,2-6H2,1H3. The average molecular weight is 302 g/mol. The monoisotopic (exact) mass is 302 g/mol. The molecule has 14 heavy (non-hydrogen) atoms. The quantitative estimate of drug-likeness (QED) is 0.574. The van der Waals surface area contributed by atoms with Gasteiger partial charge in [0.2, 0.25) is 0 Å². The molecule has 1 aromatic carbocycles. The van der Waals surface area contributed by atoms with E-state index in [1.165, 1.54) is 36.8 Å². The molecule has 0 radical (unpaired) electrons. The van der Waals surface area contributed by atoms with Gasteiger partial charge in [-0.15, -0.1) is 0 Å². The Labute approximate surface area is 98.7 Å². The molecule has 1 nitrogen and oxygen atoms in total. The van der Waals surface area contributed by atoms with E-state index in [1.807, 2.05) is 6.92 Å². The molecule has 0 atom stereocenters. The largest absolute Gasteiger partial charge is 0.507 e. The third kappa shape index (κ3) is 1.76. The van der Waals surface area contributed by atoms with Crippen LogP contribution in [0.5, 0.6) is 5.75 Å². The summed E-state index contributed by atoms with van der Waals surface area (Å²) in [4.78, 5) is 0. The zero-order chi connectivity index (χ0) is 10.1. The lowest BCUT2D eigenvalue weighted by molar-refractivity contribution is 0.466. The second-order valence-corrected chi connectivity index (χ2v) is 5.13. The molecule has 0 aromatic heterocycles. The summed E-state index contributed by atoms with van der Waals surface area (Å²) in [5.74, 6) is 0.492. The van der Waals surface area contributed by atoms with Crippen LogP contribution in [0.2, 0.25) is 0 Å². The highest BCUT2D eigenvalue weighted by molar-refractivity contribution is 14.1. The van der Waals surface area contributed by atoms with E-state index in [0.717, 1.165) is 15.6 Å². The molecule has 76 valence electrons. The molecule has 2 rings (SSSR count). The van der Waals surface area contributed by atoms with Crippen LogP contribution in [0.15, 0.2) is 6.07 Å². The Morgan fingerprint density at radius 1 is 1.21 bits per heavy atom. The van der Waals surface area contributed by atoms with Crippen LogP contribution in [0.1, 0.15) is 36.0 Å². The summed E-state index contributed by atoms with van der Waals surface area (Å²) in [6.45, 7) is 1.99. The van der Waals surface area contributed by atoms with E-state index in [9.17, 15) is 5.11 Å². The van der Waals surface area contributed by atoms with Crippen molar-refractivity contribution in [3.05, 3.63) is 26.3 Å². The lowest BCUT2D eigenvalue weighted by Crippen LogP contribution is -1.97. The van der Waals surface area contributed by atoms with Crippen molar-refractivity contribution in [2.75, 3.05) is 0 Å². The summed E-state index contributed by atoms with van der Waals surface area (Å²) in [5, 5.41) is 9.85. The van der Waals surface area contributed by atoms with Gasteiger partial charge >= 0.3 is 0 Å². The fraction of sp³-hybridized carbons (Fsp3) is 0.500. The molecule has 0 aliphatic heterocycles. The van der Waals surface area contributed by atoms with Crippen molar-refractivity contribution in [3.8, 4) is 5.75 Å². The summed E-state index contributed by atoms with van der Waals surface area (Å²) in [6, 6.07) is 2.16. The van der Waals surface area contributed by atoms with Crippen LogP contribution >= 0.6 is 22.6 Å². The lowest BCUT2D eigenvalue weighted by atomic mass is 10.00. The minimum absolute atomic E-state index is 0.492. The number of phenols is 1. The number of phenolic OH excluding ortho intramolecular Hbond substituents is 1. The van der Waals surface area contributed by atoms with E-state index < -0.39 is 0 Å². The molecule has 0 fully saturated rings. The zero-order valence-corrected chi connectivity index (χ0v) is 10.6. The van der Waals surface area contributed by atoms with Gasteiger partial charge in [-0.2, -0.15) is 0 Å². The summed E-state index contributed by atoms with van der Waals surface area (Å²) in [5.41, 5.74) is 3.88. The second-order valence-electron chi connectivity index (χ2n) is 4.05. The van der Waals surface area contributed by atoms with Crippen LogP contribution < -0.4 is 0 Å². The van der Waals surface area contributed by atoms with E-state index in [1.54, 1.807) is 0 Å². The molecular formula is C12H15IO. The number of halogens is 1. The molecule has 0 bridgehead atoms. The van der Waals surface area contributed by atoms with Gasteiger partial charge in [0.25, 0.3) is 0 Å². The number of benzene rings is 1. The SMILES string of the molecule is Cc1cc2c(c(I)c1O)CCCCC2. The van der Waals surface area contributed by atoms with Gasteiger partial charge in [-0.3, -0.25) is 0 Å². The Morgan fingerprint density at radius 2 is 1.93 bits per heavy atom. The van der Waals surface area contributed by atoms with Crippen molar-refractivity contribution in [1.29, 1.82) is 0 Å². The average Bonchev–Trinajstić information content (AvgIpc) is 2.39. The topological polar surface area (TPSA) is 20.2 Å². The van der Waals surface area contributed by atoms with Crippen LogP contribution in [-0.2, 0) is 12.8 Å². The Kier molecular flexibility index (Phi) is 3.00. The summed E-state index contributed by atoms with van der Waals surface area (Å²) in [7, 11) is 0. The Balaban J connectivity index is 2.55. The number of hydrogen-bond donors (Lipinski definition) is 1. The Hall–Kier alpha value is -0.250. The van der Waals surface area contributed by atoms with E-state index in [0.29, 0.717) is 5.75 Å². The molecule has 0 saturated heterocycles. The van der Waals surface area contributed by atoms with E-state index in [4.69, 9.17) is 0 Å². The van der Waals surface area contributed by atoms with Crippen LogP contribution in [0.4, 0.5) is 0 Å². The molecule has 0 heterocycles. The van der Waals surface area contributed by atoms with Crippen molar-refractivity contribution in [2.45, 2.75) is 39.0 Å². The van der Waals surface area contributed by atoms with Gasteiger partial charge in [0.15, 0.2) is 0 Å². The second kappa shape index (κ2) is 4.09. The molecule has 0 saturated carbocycles. The predicted molar refractivity (Wildman–Crippen MR) is 66.8 cm³/mol. The molecular weight excluding hydrogens is 287 g/mol. The van der Waals surface area contributed by atoms with Crippen molar-refractivity contribution in [3.63, 3.8) is 0 Å². The third-order valence-electron chi connectivity index (χ3n) is 3.00. The van der Waals surface area contributed by atoms with Crippen molar-refractivity contribution in [2.24, 2.45) is 0 Å². The number of hydrogen-bond acceptors (Lipinski definition) is 1. The first-order valence-electron chi connectivity index (χ1n) is 5.20. The maximum atomic E-state index is 9.85. The van der Waals surface area contributed by atoms with Crippen LogP contribution in [0, 0.1) is 10.5 Å². The molecule has 1 aliphatic carbocycles. The normalized spacial score (nSPS) is 16.1. The zero-order valence-electron chi connectivity index (χ0n) is 8.44.